The molecule has 1 aromatic heterocycles. The Bertz CT molecular complexity index is 608. The summed E-state index contributed by atoms with van der Waals surface area (Å²) in [6.45, 7) is 2.06. The van der Waals surface area contributed by atoms with Crippen molar-refractivity contribution < 1.29 is 14.3 Å². The lowest BCUT2D eigenvalue weighted by Gasteiger charge is -2.06. The maximum Gasteiger partial charge on any atom is 0.306 e. The molecule has 110 valence electrons. The number of nitrogens with zero attached hydrogens (tertiary/aromatic N) is 1. The van der Waals surface area contributed by atoms with Crippen LogP contribution in [-0.4, -0.2) is 28.7 Å². The number of aromatic nitrogens is 2. The van der Waals surface area contributed by atoms with Gasteiger partial charge in [0.05, 0.1) is 18.7 Å². The van der Waals surface area contributed by atoms with E-state index in [1.165, 1.54) is 0 Å². The van der Waals surface area contributed by atoms with Gasteiger partial charge in [-0.25, -0.2) is 0 Å². The molecule has 0 fully saturated rings. The van der Waals surface area contributed by atoms with Crippen molar-refractivity contribution >= 4 is 17.6 Å². The second-order valence-corrected chi connectivity index (χ2v) is 4.40. The predicted octanol–water partition coefficient (Wildman–Crippen LogP) is 2.36. The van der Waals surface area contributed by atoms with Crippen LogP contribution in [0, 0.1) is 0 Å². The van der Waals surface area contributed by atoms with Gasteiger partial charge in [0.15, 0.2) is 0 Å². The van der Waals surface area contributed by atoms with E-state index in [0.29, 0.717) is 12.3 Å². The number of esters is 1. The number of hydrogen-bond acceptors (Lipinski definition) is 4. The van der Waals surface area contributed by atoms with Gasteiger partial charge in [0, 0.05) is 23.9 Å². The molecule has 21 heavy (non-hydrogen) atoms. The summed E-state index contributed by atoms with van der Waals surface area (Å²) in [5, 5.41) is 9.52. The average Bonchev–Trinajstić information content (AvgIpc) is 3.00. The highest BCUT2D eigenvalue weighted by Gasteiger charge is 2.08. The fourth-order valence-electron chi connectivity index (χ4n) is 1.85. The van der Waals surface area contributed by atoms with Crippen LogP contribution < -0.4 is 5.32 Å². The quantitative estimate of drug-likeness (QED) is 0.799. The van der Waals surface area contributed by atoms with Crippen LogP contribution in [0.4, 0.5) is 5.69 Å². The van der Waals surface area contributed by atoms with Gasteiger partial charge in [0.1, 0.15) is 0 Å². The van der Waals surface area contributed by atoms with Gasteiger partial charge in [-0.15, -0.1) is 0 Å². The number of carbonyl (C=O) groups excluding carboxylic acids is 2. The molecule has 1 amide bonds. The Morgan fingerprint density at radius 3 is 2.86 bits per heavy atom. The number of aromatic amines is 1. The molecule has 6 heteroatoms. The maximum atomic E-state index is 11.8. The molecule has 0 unspecified atom stereocenters. The molecule has 0 aliphatic heterocycles. The van der Waals surface area contributed by atoms with Crippen molar-refractivity contribution in [2.24, 2.45) is 0 Å². The van der Waals surface area contributed by atoms with Crippen molar-refractivity contribution in [3.63, 3.8) is 0 Å². The van der Waals surface area contributed by atoms with Gasteiger partial charge in [0.25, 0.3) is 0 Å². The summed E-state index contributed by atoms with van der Waals surface area (Å²) in [6, 6.07) is 9.25. The van der Waals surface area contributed by atoms with E-state index < -0.39 is 0 Å². The Morgan fingerprint density at radius 2 is 2.14 bits per heavy atom. The zero-order valence-corrected chi connectivity index (χ0v) is 11.8. The van der Waals surface area contributed by atoms with E-state index in [9.17, 15) is 9.59 Å². The molecule has 6 nitrogen and oxygen atoms in total. The Morgan fingerprint density at radius 1 is 1.29 bits per heavy atom. The minimum atomic E-state index is -0.362. The molecule has 0 bridgehead atoms. The lowest BCUT2D eigenvalue weighted by Crippen LogP contribution is -2.14. The van der Waals surface area contributed by atoms with Gasteiger partial charge in [-0.3, -0.25) is 14.7 Å². The second-order valence-electron chi connectivity index (χ2n) is 4.40. The molecule has 0 radical (unpaired) electrons. The molecule has 2 N–H and O–H groups in total. The smallest absolute Gasteiger partial charge is 0.306 e. The van der Waals surface area contributed by atoms with Crippen LogP contribution in [0.2, 0.25) is 0 Å². The van der Waals surface area contributed by atoms with E-state index in [1.54, 1.807) is 19.2 Å². The highest BCUT2D eigenvalue weighted by molar-refractivity contribution is 5.93. The minimum Gasteiger partial charge on any atom is -0.466 e. The van der Waals surface area contributed by atoms with Crippen molar-refractivity contribution in [2.75, 3.05) is 11.9 Å². The van der Waals surface area contributed by atoms with Gasteiger partial charge in [0.2, 0.25) is 5.91 Å². The molecular weight excluding hydrogens is 270 g/mol. The van der Waals surface area contributed by atoms with Gasteiger partial charge in [-0.1, -0.05) is 12.1 Å². The van der Waals surface area contributed by atoms with Crippen molar-refractivity contribution in [3.8, 4) is 11.3 Å². The molecule has 1 aromatic carbocycles. The minimum absolute atomic E-state index is 0.0832. The summed E-state index contributed by atoms with van der Waals surface area (Å²) in [4.78, 5) is 23.0. The van der Waals surface area contributed by atoms with Crippen LogP contribution in [0.15, 0.2) is 36.5 Å². The number of hydrogen-bond donors (Lipinski definition) is 2. The normalized spacial score (nSPS) is 10.1. The fraction of sp³-hybridized carbons (Fsp3) is 0.267. The van der Waals surface area contributed by atoms with Gasteiger partial charge >= 0.3 is 5.97 Å². The second kappa shape index (κ2) is 7.23. The van der Waals surface area contributed by atoms with Crippen molar-refractivity contribution in [1.29, 1.82) is 0 Å². The van der Waals surface area contributed by atoms with E-state index in [-0.39, 0.29) is 24.7 Å². The predicted molar refractivity (Wildman–Crippen MR) is 78.5 cm³/mol. The molecular formula is C15H17N3O3. The summed E-state index contributed by atoms with van der Waals surface area (Å²) in [5.74, 6) is -0.580. The molecule has 1 heterocycles. The van der Waals surface area contributed by atoms with Gasteiger partial charge in [-0.2, -0.15) is 5.10 Å². The summed E-state index contributed by atoms with van der Waals surface area (Å²) in [6.07, 6.45) is 1.85. The monoisotopic (exact) mass is 287 g/mol. The SMILES string of the molecule is CCOC(=O)CCC(=O)Nc1cccc(-c2ccn[nH]2)c1. The van der Waals surface area contributed by atoms with Crippen LogP contribution >= 0.6 is 0 Å². The Balaban J connectivity index is 1.92. The molecule has 0 aliphatic carbocycles. The molecule has 0 atom stereocenters. The first-order valence-corrected chi connectivity index (χ1v) is 6.74. The number of rotatable bonds is 6. The van der Waals surface area contributed by atoms with Crippen LogP contribution in [0.25, 0.3) is 11.3 Å². The van der Waals surface area contributed by atoms with Crippen LogP contribution in [0.1, 0.15) is 19.8 Å². The van der Waals surface area contributed by atoms with Crippen molar-refractivity contribution in [3.05, 3.63) is 36.5 Å². The molecule has 0 saturated heterocycles. The van der Waals surface area contributed by atoms with Gasteiger partial charge in [-0.05, 0) is 25.1 Å². The number of H-pyrrole nitrogens is 1. The molecule has 2 aromatic rings. The van der Waals surface area contributed by atoms with E-state index in [1.807, 2.05) is 24.3 Å². The first kappa shape index (κ1) is 14.8. The van der Waals surface area contributed by atoms with E-state index in [2.05, 4.69) is 15.5 Å². The molecule has 0 spiro atoms. The average molecular weight is 287 g/mol. The fourth-order valence-corrected chi connectivity index (χ4v) is 1.85. The van der Waals surface area contributed by atoms with Crippen molar-refractivity contribution in [2.45, 2.75) is 19.8 Å². The lowest BCUT2D eigenvalue weighted by molar-refractivity contribution is -0.144. The van der Waals surface area contributed by atoms with Gasteiger partial charge < -0.3 is 10.1 Å². The molecule has 0 aliphatic rings. The maximum absolute atomic E-state index is 11.8. The summed E-state index contributed by atoms with van der Waals surface area (Å²) >= 11 is 0. The van der Waals surface area contributed by atoms with E-state index >= 15 is 0 Å². The van der Waals surface area contributed by atoms with Crippen LogP contribution in [-0.2, 0) is 14.3 Å². The van der Waals surface area contributed by atoms with Crippen LogP contribution in [0.3, 0.4) is 0 Å². The summed E-state index contributed by atoms with van der Waals surface area (Å²) in [7, 11) is 0. The highest BCUT2D eigenvalue weighted by Crippen LogP contribution is 2.20. The Labute approximate surface area is 122 Å². The zero-order valence-electron chi connectivity index (χ0n) is 11.8. The highest BCUT2D eigenvalue weighted by atomic mass is 16.5. The third-order valence-electron chi connectivity index (χ3n) is 2.82. The van der Waals surface area contributed by atoms with E-state index in [0.717, 1.165) is 11.3 Å². The Hall–Kier alpha value is -2.63. The number of nitrogens with one attached hydrogen (secondary N) is 2. The summed E-state index contributed by atoms with van der Waals surface area (Å²) in [5.41, 5.74) is 2.48. The van der Waals surface area contributed by atoms with E-state index in [4.69, 9.17) is 4.74 Å². The number of benzene rings is 1. The molecule has 0 saturated carbocycles. The largest absolute Gasteiger partial charge is 0.466 e. The number of carbonyl (C=O) groups is 2. The summed E-state index contributed by atoms with van der Waals surface area (Å²) < 4.78 is 4.78. The third kappa shape index (κ3) is 4.45. The first-order valence-electron chi connectivity index (χ1n) is 6.74. The third-order valence-corrected chi connectivity index (χ3v) is 2.82. The van der Waals surface area contributed by atoms with Crippen LogP contribution in [0.5, 0.6) is 0 Å². The standard InChI is InChI=1S/C15H17N3O3/c1-2-21-15(20)7-6-14(19)17-12-5-3-4-11(10-12)13-8-9-16-18-13/h3-5,8-10H,2,6-7H2,1H3,(H,16,18)(H,17,19). The first-order chi connectivity index (χ1) is 10.2. The van der Waals surface area contributed by atoms with Crippen molar-refractivity contribution in [1.82, 2.24) is 10.2 Å². The number of anilines is 1. The topological polar surface area (TPSA) is 84.1 Å². The zero-order chi connectivity index (χ0) is 15.1. The number of amides is 1. The lowest BCUT2D eigenvalue weighted by atomic mass is 10.1. The number of ether oxygens (including phenoxy) is 1. The molecule has 2 rings (SSSR count). The Kier molecular flexibility index (Phi) is 5.09.